The minimum absolute atomic E-state index is 0.733. The molecule has 0 unspecified atom stereocenters. The third-order valence-electron chi connectivity index (χ3n) is 3.18. The van der Waals surface area contributed by atoms with Crippen molar-refractivity contribution in [2.24, 2.45) is 7.05 Å². The van der Waals surface area contributed by atoms with Gasteiger partial charge < -0.3 is 9.55 Å². The number of aryl methyl sites for hydroxylation is 2. The van der Waals surface area contributed by atoms with E-state index in [4.69, 9.17) is 12.2 Å². The van der Waals surface area contributed by atoms with E-state index in [1.165, 1.54) is 5.56 Å². The Morgan fingerprint density at radius 1 is 1.42 bits per heavy atom. The molecule has 0 spiro atoms. The molecule has 0 atom stereocenters. The maximum Gasteiger partial charge on any atom is 0.178 e. The number of aromatic nitrogens is 4. The van der Waals surface area contributed by atoms with Crippen LogP contribution in [-0.4, -0.2) is 19.3 Å². The zero-order valence-corrected chi connectivity index (χ0v) is 13.0. The van der Waals surface area contributed by atoms with Gasteiger partial charge in [0.1, 0.15) is 0 Å². The standard InChI is InChI=1S/C13H13BrN4S/c1-8-9(6-17(2)16-8)7-18-12-4-3-10(14)5-11(12)15-13(18)19/h3-6H,7H2,1-2H3,(H,15,19). The summed E-state index contributed by atoms with van der Waals surface area (Å²) in [6.07, 6.45) is 2.04. The molecule has 0 bridgehead atoms. The number of nitrogens with zero attached hydrogens (tertiary/aromatic N) is 3. The van der Waals surface area contributed by atoms with Crippen LogP contribution in [0.15, 0.2) is 28.9 Å². The van der Waals surface area contributed by atoms with Gasteiger partial charge in [-0.2, -0.15) is 5.10 Å². The lowest BCUT2D eigenvalue weighted by Crippen LogP contribution is -2.00. The van der Waals surface area contributed by atoms with Crippen molar-refractivity contribution in [2.45, 2.75) is 13.5 Å². The average Bonchev–Trinajstić information content (AvgIpc) is 2.80. The Balaban J connectivity index is 2.13. The molecule has 4 nitrogen and oxygen atoms in total. The molecule has 3 aromatic rings. The normalized spacial score (nSPS) is 11.3. The molecule has 0 aliphatic rings. The number of aromatic amines is 1. The zero-order valence-electron chi connectivity index (χ0n) is 10.6. The Labute approximate surface area is 124 Å². The molecule has 0 radical (unpaired) electrons. The first-order valence-corrected chi connectivity index (χ1v) is 7.12. The van der Waals surface area contributed by atoms with Crippen molar-refractivity contribution in [2.75, 3.05) is 0 Å². The smallest absolute Gasteiger partial charge is 0.178 e. The van der Waals surface area contributed by atoms with E-state index in [1.54, 1.807) is 0 Å². The minimum Gasteiger partial charge on any atom is -0.331 e. The Morgan fingerprint density at radius 2 is 2.21 bits per heavy atom. The fraction of sp³-hybridized carbons (Fsp3) is 0.231. The highest BCUT2D eigenvalue weighted by molar-refractivity contribution is 9.10. The molecule has 98 valence electrons. The fourth-order valence-corrected chi connectivity index (χ4v) is 2.90. The molecule has 19 heavy (non-hydrogen) atoms. The average molecular weight is 337 g/mol. The molecule has 1 aromatic carbocycles. The highest BCUT2D eigenvalue weighted by Crippen LogP contribution is 2.21. The largest absolute Gasteiger partial charge is 0.331 e. The lowest BCUT2D eigenvalue weighted by molar-refractivity contribution is 0.755. The lowest BCUT2D eigenvalue weighted by Gasteiger charge is -2.03. The molecule has 3 rings (SSSR count). The van der Waals surface area contributed by atoms with Crippen molar-refractivity contribution in [3.8, 4) is 0 Å². The first-order chi connectivity index (χ1) is 9.04. The molecule has 0 fully saturated rings. The van der Waals surface area contributed by atoms with Crippen LogP contribution in [0.5, 0.6) is 0 Å². The predicted octanol–water partition coefficient (Wildman–Crippen LogP) is 3.55. The SMILES string of the molecule is Cc1nn(C)cc1Cn1c(=S)[nH]c2cc(Br)ccc21. The summed E-state index contributed by atoms with van der Waals surface area (Å²) in [7, 11) is 1.93. The van der Waals surface area contributed by atoms with Crippen LogP contribution < -0.4 is 0 Å². The first kappa shape index (κ1) is 12.6. The van der Waals surface area contributed by atoms with E-state index in [0.29, 0.717) is 0 Å². The van der Waals surface area contributed by atoms with Crippen molar-refractivity contribution >= 4 is 39.2 Å². The van der Waals surface area contributed by atoms with Crippen LogP contribution in [0.25, 0.3) is 11.0 Å². The molecule has 0 aliphatic carbocycles. The Kier molecular flexibility index (Phi) is 3.06. The van der Waals surface area contributed by atoms with Gasteiger partial charge in [-0.1, -0.05) is 15.9 Å². The van der Waals surface area contributed by atoms with Crippen molar-refractivity contribution in [3.63, 3.8) is 0 Å². The van der Waals surface area contributed by atoms with E-state index < -0.39 is 0 Å². The number of hydrogen-bond acceptors (Lipinski definition) is 2. The molecule has 6 heteroatoms. The first-order valence-electron chi connectivity index (χ1n) is 5.92. The Morgan fingerprint density at radius 3 is 2.89 bits per heavy atom. The molecule has 2 aromatic heterocycles. The summed E-state index contributed by atoms with van der Waals surface area (Å²) in [4.78, 5) is 3.23. The monoisotopic (exact) mass is 336 g/mol. The molecule has 1 N–H and O–H groups in total. The van der Waals surface area contributed by atoms with Gasteiger partial charge in [0, 0.05) is 23.3 Å². The van der Waals surface area contributed by atoms with Gasteiger partial charge in [-0.05, 0) is 37.3 Å². The van der Waals surface area contributed by atoms with Crippen LogP contribution >= 0.6 is 28.1 Å². The van der Waals surface area contributed by atoms with Crippen molar-refractivity contribution in [1.29, 1.82) is 0 Å². The van der Waals surface area contributed by atoms with Gasteiger partial charge in [0.2, 0.25) is 0 Å². The molecular weight excluding hydrogens is 324 g/mol. The van der Waals surface area contributed by atoms with Gasteiger partial charge in [0.15, 0.2) is 4.77 Å². The maximum atomic E-state index is 5.41. The summed E-state index contributed by atoms with van der Waals surface area (Å²) in [5.41, 5.74) is 4.37. The number of nitrogens with one attached hydrogen (secondary N) is 1. The number of H-pyrrole nitrogens is 1. The minimum atomic E-state index is 0.733. The summed E-state index contributed by atoms with van der Waals surface area (Å²) < 4.78 is 5.71. The topological polar surface area (TPSA) is 38.5 Å². The van der Waals surface area contributed by atoms with Gasteiger partial charge >= 0.3 is 0 Å². The second kappa shape index (κ2) is 4.61. The zero-order chi connectivity index (χ0) is 13.6. The van der Waals surface area contributed by atoms with Crippen molar-refractivity contribution in [3.05, 3.63) is 44.9 Å². The van der Waals surface area contributed by atoms with E-state index in [-0.39, 0.29) is 0 Å². The maximum absolute atomic E-state index is 5.41. The number of fused-ring (bicyclic) bond motifs is 1. The molecule has 0 saturated carbocycles. The lowest BCUT2D eigenvalue weighted by atomic mass is 10.2. The predicted molar refractivity (Wildman–Crippen MR) is 81.9 cm³/mol. The van der Waals surface area contributed by atoms with E-state index in [1.807, 2.05) is 37.0 Å². The van der Waals surface area contributed by atoms with Gasteiger partial charge in [-0.3, -0.25) is 4.68 Å². The molecule has 0 saturated heterocycles. The van der Waals surface area contributed by atoms with Gasteiger partial charge in [0.05, 0.1) is 23.3 Å². The molecule has 0 aliphatic heterocycles. The highest BCUT2D eigenvalue weighted by atomic mass is 79.9. The summed E-state index contributed by atoms with van der Waals surface area (Å²) in [6.45, 7) is 2.75. The second-order valence-corrected chi connectivity index (χ2v) is 5.89. The molecular formula is C13H13BrN4S. The number of imidazole rings is 1. The molecule has 0 amide bonds. The Bertz CT molecular complexity index is 812. The van der Waals surface area contributed by atoms with Gasteiger partial charge in [-0.15, -0.1) is 0 Å². The van der Waals surface area contributed by atoms with Crippen LogP contribution in [0, 0.1) is 11.7 Å². The quantitative estimate of drug-likeness (QED) is 0.727. The van der Waals surface area contributed by atoms with E-state index >= 15 is 0 Å². The summed E-state index contributed by atoms with van der Waals surface area (Å²) in [5, 5.41) is 4.37. The van der Waals surface area contributed by atoms with Gasteiger partial charge in [-0.25, -0.2) is 0 Å². The summed E-state index contributed by atoms with van der Waals surface area (Å²) >= 11 is 8.88. The Hall–Kier alpha value is -1.40. The van der Waals surface area contributed by atoms with Crippen LogP contribution in [0.4, 0.5) is 0 Å². The van der Waals surface area contributed by atoms with Crippen molar-refractivity contribution in [1.82, 2.24) is 19.3 Å². The van der Waals surface area contributed by atoms with Crippen LogP contribution in [0.2, 0.25) is 0 Å². The summed E-state index contributed by atoms with van der Waals surface area (Å²) in [5.74, 6) is 0. The van der Waals surface area contributed by atoms with E-state index in [0.717, 1.165) is 32.5 Å². The van der Waals surface area contributed by atoms with Gasteiger partial charge in [0.25, 0.3) is 0 Å². The van der Waals surface area contributed by atoms with Crippen LogP contribution in [0.3, 0.4) is 0 Å². The third kappa shape index (κ3) is 2.26. The number of hydrogen-bond donors (Lipinski definition) is 1. The molecule has 2 heterocycles. The number of benzene rings is 1. The van der Waals surface area contributed by atoms with Crippen LogP contribution in [-0.2, 0) is 13.6 Å². The highest BCUT2D eigenvalue weighted by Gasteiger charge is 2.09. The number of rotatable bonds is 2. The van der Waals surface area contributed by atoms with E-state index in [9.17, 15) is 0 Å². The summed E-state index contributed by atoms with van der Waals surface area (Å²) in [6, 6.07) is 6.13. The van der Waals surface area contributed by atoms with Crippen molar-refractivity contribution < 1.29 is 0 Å². The fourth-order valence-electron chi connectivity index (χ4n) is 2.27. The third-order valence-corrected chi connectivity index (χ3v) is 4.00. The van der Waals surface area contributed by atoms with E-state index in [2.05, 4.69) is 36.6 Å². The second-order valence-electron chi connectivity index (χ2n) is 4.59. The number of halogens is 1. The van der Waals surface area contributed by atoms with Crippen LogP contribution in [0.1, 0.15) is 11.3 Å².